The molecule has 0 aliphatic rings. The van der Waals surface area contributed by atoms with Crippen LogP contribution < -0.4 is 0 Å². The number of fused-ring (bicyclic) bond motifs is 3. The van der Waals surface area contributed by atoms with Gasteiger partial charge in [-0.1, -0.05) is 54.6 Å². The molecule has 130 valence electrons. The van der Waals surface area contributed by atoms with Crippen molar-refractivity contribution in [3.05, 3.63) is 83.4 Å². The van der Waals surface area contributed by atoms with E-state index in [0.717, 1.165) is 17.6 Å². The van der Waals surface area contributed by atoms with Crippen molar-refractivity contribution in [2.45, 2.75) is 20.4 Å². The first-order valence-corrected chi connectivity index (χ1v) is 8.92. The van der Waals surface area contributed by atoms with E-state index in [-0.39, 0.29) is 5.97 Å². The van der Waals surface area contributed by atoms with Crippen LogP contribution in [0.5, 0.6) is 0 Å². The van der Waals surface area contributed by atoms with Gasteiger partial charge in [0.2, 0.25) is 0 Å². The maximum atomic E-state index is 12.4. The standard InChI is InChI=1S/C23H21NO2/c1-3-26-23(25)18-13-14-20-19-11-7-8-12-21(19)24(22(20)16(18)2)15-17-9-5-4-6-10-17/h4-14H,3,15H2,1-2H3. The number of rotatable bonds is 4. The van der Waals surface area contributed by atoms with Gasteiger partial charge in [0, 0.05) is 22.8 Å². The molecule has 1 aromatic heterocycles. The largest absolute Gasteiger partial charge is 0.462 e. The summed E-state index contributed by atoms with van der Waals surface area (Å²) in [4.78, 5) is 12.4. The molecular weight excluding hydrogens is 322 g/mol. The molecule has 0 bridgehead atoms. The first kappa shape index (κ1) is 16.4. The van der Waals surface area contributed by atoms with Gasteiger partial charge < -0.3 is 9.30 Å². The van der Waals surface area contributed by atoms with E-state index in [4.69, 9.17) is 4.74 Å². The van der Waals surface area contributed by atoms with Crippen LogP contribution in [0.3, 0.4) is 0 Å². The van der Waals surface area contributed by atoms with Crippen molar-refractivity contribution in [3.8, 4) is 0 Å². The molecule has 0 atom stereocenters. The van der Waals surface area contributed by atoms with E-state index in [1.54, 1.807) is 0 Å². The number of aromatic nitrogens is 1. The third-order valence-corrected chi connectivity index (χ3v) is 4.86. The minimum absolute atomic E-state index is 0.261. The molecule has 4 rings (SSSR count). The van der Waals surface area contributed by atoms with Crippen LogP contribution in [0.2, 0.25) is 0 Å². The van der Waals surface area contributed by atoms with Crippen molar-refractivity contribution in [3.63, 3.8) is 0 Å². The Morgan fingerprint density at radius 3 is 2.42 bits per heavy atom. The fourth-order valence-corrected chi connectivity index (χ4v) is 3.68. The second kappa shape index (κ2) is 6.68. The van der Waals surface area contributed by atoms with E-state index in [1.807, 2.05) is 32.0 Å². The lowest BCUT2D eigenvalue weighted by Gasteiger charge is -2.12. The summed E-state index contributed by atoms with van der Waals surface area (Å²) in [6, 6.07) is 22.7. The van der Waals surface area contributed by atoms with E-state index in [0.29, 0.717) is 12.2 Å². The molecule has 3 heteroatoms. The smallest absolute Gasteiger partial charge is 0.338 e. The van der Waals surface area contributed by atoms with Gasteiger partial charge in [0.15, 0.2) is 0 Å². The molecule has 0 aliphatic carbocycles. The Kier molecular flexibility index (Phi) is 4.21. The van der Waals surface area contributed by atoms with Crippen LogP contribution >= 0.6 is 0 Å². The van der Waals surface area contributed by atoms with Gasteiger partial charge in [-0.3, -0.25) is 0 Å². The summed E-state index contributed by atoms with van der Waals surface area (Å²) in [6.45, 7) is 4.98. The number of benzene rings is 3. The highest BCUT2D eigenvalue weighted by Gasteiger charge is 2.18. The van der Waals surface area contributed by atoms with Gasteiger partial charge in [0.1, 0.15) is 0 Å². The van der Waals surface area contributed by atoms with Gasteiger partial charge >= 0.3 is 5.97 Å². The third kappa shape index (κ3) is 2.66. The van der Waals surface area contributed by atoms with Crippen molar-refractivity contribution in [2.24, 2.45) is 0 Å². The topological polar surface area (TPSA) is 31.2 Å². The summed E-state index contributed by atoms with van der Waals surface area (Å²) in [6.07, 6.45) is 0. The van der Waals surface area contributed by atoms with Crippen molar-refractivity contribution in [1.29, 1.82) is 0 Å². The van der Waals surface area contributed by atoms with Gasteiger partial charge in [-0.25, -0.2) is 4.79 Å². The quantitative estimate of drug-likeness (QED) is 0.469. The second-order valence-corrected chi connectivity index (χ2v) is 6.44. The van der Waals surface area contributed by atoms with Gasteiger partial charge in [0.25, 0.3) is 0 Å². The Labute approximate surface area is 152 Å². The maximum Gasteiger partial charge on any atom is 0.338 e. The molecule has 0 spiro atoms. The Hall–Kier alpha value is -3.07. The van der Waals surface area contributed by atoms with E-state index in [9.17, 15) is 4.79 Å². The number of aryl methyl sites for hydroxylation is 1. The molecule has 0 radical (unpaired) electrons. The summed E-state index contributed by atoms with van der Waals surface area (Å²) in [5.41, 5.74) is 5.11. The lowest BCUT2D eigenvalue weighted by molar-refractivity contribution is 0.0525. The highest BCUT2D eigenvalue weighted by Crippen LogP contribution is 2.33. The van der Waals surface area contributed by atoms with Crippen molar-refractivity contribution >= 4 is 27.8 Å². The third-order valence-electron chi connectivity index (χ3n) is 4.86. The lowest BCUT2D eigenvalue weighted by atomic mass is 10.0. The summed E-state index contributed by atoms with van der Waals surface area (Å²) < 4.78 is 7.55. The van der Waals surface area contributed by atoms with Gasteiger partial charge in [0.05, 0.1) is 17.7 Å². The first-order valence-electron chi connectivity index (χ1n) is 8.92. The summed E-state index contributed by atoms with van der Waals surface area (Å²) in [5, 5.41) is 2.37. The Bertz CT molecular complexity index is 1090. The summed E-state index contributed by atoms with van der Waals surface area (Å²) >= 11 is 0. The summed E-state index contributed by atoms with van der Waals surface area (Å²) in [5.74, 6) is -0.261. The first-order chi connectivity index (χ1) is 12.7. The number of esters is 1. The molecule has 0 unspecified atom stereocenters. The second-order valence-electron chi connectivity index (χ2n) is 6.44. The average molecular weight is 343 g/mol. The molecule has 0 aliphatic heterocycles. The SMILES string of the molecule is CCOC(=O)c1ccc2c3ccccc3n(Cc3ccccc3)c2c1C. The Morgan fingerprint density at radius 1 is 0.923 bits per heavy atom. The number of ether oxygens (including phenoxy) is 1. The van der Waals surface area contributed by atoms with Crippen LogP contribution in [0.4, 0.5) is 0 Å². The molecular formula is C23H21NO2. The molecule has 26 heavy (non-hydrogen) atoms. The minimum Gasteiger partial charge on any atom is -0.462 e. The van der Waals surface area contributed by atoms with Crippen molar-refractivity contribution in [1.82, 2.24) is 4.57 Å². The monoisotopic (exact) mass is 343 g/mol. The van der Waals surface area contributed by atoms with E-state index in [2.05, 4.69) is 53.1 Å². The molecule has 4 aromatic rings. The predicted molar refractivity (Wildman–Crippen MR) is 106 cm³/mol. The van der Waals surface area contributed by atoms with E-state index in [1.165, 1.54) is 21.9 Å². The highest BCUT2D eigenvalue weighted by molar-refractivity contribution is 6.11. The average Bonchev–Trinajstić information content (AvgIpc) is 2.98. The van der Waals surface area contributed by atoms with Gasteiger partial charge in [-0.05, 0) is 37.1 Å². The lowest BCUT2D eigenvalue weighted by Crippen LogP contribution is -2.08. The van der Waals surface area contributed by atoms with Gasteiger partial charge in [-0.2, -0.15) is 0 Å². The minimum atomic E-state index is -0.261. The summed E-state index contributed by atoms with van der Waals surface area (Å²) in [7, 11) is 0. The van der Waals surface area contributed by atoms with E-state index < -0.39 is 0 Å². The molecule has 0 saturated carbocycles. The highest BCUT2D eigenvalue weighted by atomic mass is 16.5. The molecule has 0 fully saturated rings. The number of hydrogen-bond acceptors (Lipinski definition) is 2. The zero-order chi connectivity index (χ0) is 18.1. The maximum absolute atomic E-state index is 12.4. The van der Waals surface area contributed by atoms with Crippen LogP contribution in [-0.4, -0.2) is 17.1 Å². The molecule has 1 heterocycles. The van der Waals surface area contributed by atoms with Crippen LogP contribution in [-0.2, 0) is 11.3 Å². The molecule has 0 N–H and O–H groups in total. The predicted octanol–water partition coefficient (Wildman–Crippen LogP) is 5.33. The zero-order valence-corrected chi connectivity index (χ0v) is 15.0. The number of carbonyl (C=O) groups is 1. The van der Waals surface area contributed by atoms with Crippen molar-refractivity contribution in [2.75, 3.05) is 6.61 Å². The zero-order valence-electron chi connectivity index (χ0n) is 15.0. The van der Waals surface area contributed by atoms with E-state index >= 15 is 0 Å². The molecule has 0 saturated heterocycles. The number of nitrogens with zero attached hydrogens (tertiary/aromatic N) is 1. The number of para-hydroxylation sites is 1. The number of carbonyl (C=O) groups excluding carboxylic acids is 1. The van der Waals surface area contributed by atoms with Crippen LogP contribution in [0.25, 0.3) is 21.8 Å². The van der Waals surface area contributed by atoms with Crippen LogP contribution in [0.1, 0.15) is 28.4 Å². The fraction of sp³-hybridized carbons (Fsp3) is 0.174. The number of hydrogen-bond donors (Lipinski definition) is 0. The molecule has 3 nitrogen and oxygen atoms in total. The fourth-order valence-electron chi connectivity index (χ4n) is 3.68. The molecule has 3 aromatic carbocycles. The Morgan fingerprint density at radius 2 is 1.65 bits per heavy atom. The van der Waals surface area contributed by atoms with Crippen LogP contribution in [0.15, 0.2) is 66.7 Å². The molecule has 0 amide bonds. The Balaban J connectivity index is 1.99. The van der Waals surface area contributed by atoms with Gasteiger partial charge in [-0.15, -0.1) is 0 Å². The normalized spacial score (nSPS) is 11.2. The van der Waals surface area contributed by atoms with Crippen molar-refractivity contribution < 1.29 is 9.53 Å². The van der Waals surface area contributed by atoms with Crippen LogP contribution in [0, 0.1) is 6.92 Å².